The molecule has 0 fully saturated rings. The van der Waals surface area contributed by atoms with E-state index in [1.807, 2.05) is 47.8 Å². The molecule has 1 aromatic heterocycles. The normalized spacial score (nSPS) is 10.7. The van der Waals surface area contributed by atoms with E-state index in [0.717, 1.165) is 10.4 Å². The summed E-state index contributed by atoms with van der Waals surface area (Å²) < 4.78 is 18.4. The molecule has 3 rings (SSSR count). The highest BCUT2D eigenvalue weighted by atomic mass is 32.1. The van der Waals surface area contributed by atoms with Gasteiger partial charge in [-0.1, -0.05) is 36.4 Å². The molecule has 7 heteroatoms. The number of hydrogen-bond donors (Lipinski definition) is 0. The highest BCUT2D eigenvalue weighted by Gasteiger charge is 2.23. The maximum Gasteiger partial charge on any atom is 0.254 e. The first-order chi connectivity index (χ1) is 15.6. The highest BCUT2D eigenvalue weighted by molar-refractivity contribution is 7.09. The third-order valence-electron chi connectivity index (χ3n) is 4.98. The van der Waals surface area contributed by atoms with Gasteiger partial charge in [0.1, 0.15) is 12.4 Å². The number of carbonyl (C=O) groups is 2. The molecule has 2 amide bonds. The molecule has 0 saturated carbocycles. The van der Waals surface area contributed by atoms with Gasteiger partial charge < -0.3 is 14.5 Å². The largest absolute Gasteiger partial charge is 0.385 e. The Morgan fingerprint density at radius 1 is 0.938 bits per heavy atom. The fourth-order valence-electron chi connectivity index (χ4n) is 3.32. The smallest absolute Gasteiger partial charge is 0.254 e. The Kier molecular flexibility index (Phi) is 8.95. The van der Waals surface area contributed by atoms with Crippen molar-refractivity contribution in [3.05, 3.63) is 93.9 Å². The van der Waals surface area contributed by atoms with Gasteiger partial charge >= 0.3 is 0 Å². The number of halogens is 1. The van der Waals surface area contributed by atoms with Crippen molar-refractivity contribution in [2.75, 3.05) is 26.8 Å². The van der Waals surface area contributed by atoms with E-state index in [-0.39, 0.29) is 18.4 Å². The van der Waals surface area contributed by atoms with E-state index in [9.17, 15) is 14.0 Å². The molecular formula is C25H27FN2O3S. The summed E-state index contributed by atoms with van der Waals surface area (Å²) in [6.07, 6.45) is 0.598. The predicted octanol–water partition coefficient (Wildman–Crippen LogP) is 4.59. The van der Waals surface area contributed by atoms with Crippen molar-refractivity contribution >= 4 is 23.2 Å². The quantitative estimate of drug-likeness (QED) is 0.398. The van der Waals surface area contributed by atoms with Crippen LogP contribution in [0, 0.1) is 5.82 Å². The Bertz CT molecular complexity index is 978. The molecule has 0 N–H and O–H groups in total. The molecule has 5 nitrogen and oxygen atoms in total. The minimum atomic E-state index is -0.409. The third-order valence-corrected chi connectivity index (χ3v) is 5.84. The van der Waals surface area contributed by atoms with Crippen LogP contribution in [0.25, 0.3) is 0 Å². The fourth-order valence-corrected chi connectivity index (χ4v) is 4.04. The van der Waals surface area contributed by atoms with Crippen molar-refractivity contribution < 1.29 is 18.7 Å². The van der Waals surface area contributed by atoms with Gasteiger partial charge in [0.15, 0.2) is 0 Å². The van der Waals surface area contributed by atoms with Crippen molar-refractivity contribution in [3.8, 4) is 0 Å². The zero-order valence-corrected chi connectivity index (χ0v) is 18.9. The number of benzene rings is 2. The molecule has 0 aliphatic heterocycles. The third kappa shape index (κ3) is 7.00. The van der Waals surface area contributed by atoms with Crippen LogP contribution in [-0.4, -0.2) is 48.4 Å². The molecule has 0 bridgehead atoms. The van der Waals surface area contributed by atoms with E-state index in [1.54, 1.807) is 23.3 Å². The summed E-state index contributed by atoms with van der Waals surface area (Å²) in [5.41, 5.74) is 1.37. The first-order valence-electron chi connectivity index (χ1n) is 10.4. The molecule has 0 atom stereocenters. The number of ether oxygens (including phenoxy) is 1. The second kappa shape index (κ2) is 12.1. The van der Waals surface area contributed by atoms with Gasteiger partial charge in [-0.2, -0.15) is 0 Å². The van der Waals surface area contributed by atoms with E-state index in [4.69, 9.17) is 4.74 Å². The highest BCUT2D eigenvalue weighted by Crippen LogP contribution is 2.16. The number of nitrogens with zero attached hydrogens (tertiary/aromatic N) is 2. The van der Waals surface area contributed by atoms with Crippen LogP contribution in [0.5, 0.6) is 0 Å². The predicted molar refractivity (Wildman–Crippen MR) is 124 cm³/mol. The van der Waals surface area contributed by atoms with Crippen LogP contribution in [0.4, 0.5) is 4.39 Å². The van der Waals surface area contributed by atoms with Gasteiger partial charge in [-0.3, -0.25) is 9.59 Å². The first kappa shape index (κ1) is 23.6. The van der Waals surface area contributed by atoms with E-state index in [1.165, 1.54) is 29.2 Å². The molecule has 0 radical (unpaired) electrons. The maximum atomic E-state index is 13.4. The molecule has 32 heavy (non-hydrogen) atoms. The van der Waals surface area contributed by atoms with E-state index in [0.29, 0.717) is 38.2 Å². The van der Waals surface area contributed by atoms with Crippen molar-refractivity contribution in [1.82, 2.24) is 9.80 Å². The van der Waals surface area contributed by atoms with Crippen molar-refractivity contribution in [1.29, 1.82) is 0 Å². The number of thiophene rings is 1. The second-order valence-corrected chi connectivity index (χ2v) is 8.43. The standard InChI is InChI=1S/C25H27FN2O3S/c1-31-15-6-14-27(25(30)21-10-12-22(26)13-11-21)19-24(29)28(18-23-9-5-16-32-23)17-20-7-3-2-4-8-20/h2-5,7-13,16H,6,14-15,17-19H2,1H3. The van der Waals surface area contributed by atoms with Crippen LogP contribution in [0.1, 0.15) is 27.2 Å². The van der Waals surface area contributed by atoms with E-state index in [2.05, 4.69) is 0 Å². The summed E-state index contributed by atoms with van der Waals surface area (Å²) in [6, 6.07) is 19.1. The van der Waals surface area contributed by atoms with Gasteiger partial charge in [0, 0.05) is 37.2 Å². The van der Waals surface area contributed by atoms with Crippen LogP contribution >= 0.6 is 11.3 Å². The average Bonchev–Trinajstić information content (AvgIpc) is 3.32. The monoisotopic (exact) mass is 454 g/mol. The fraction of sp³-hybridized carbons (Fsp3) is 0.280. The van der Waals surface area contributed by atoms with Crippen LogP contribution in [-0.2, 0) is 22.6 Å². The summed E-state index contributed by atoms with van der Waals surface area (Å²) in [4.78, 5) is 30.8. The minimum Gasteiger partial charge on any atom is -0.385 e. The lowest BCUT2D eigenvalue weighted by atomic mass is 10.1. The lowest BCUT2D eigenvalue weighted by molar-refractivity contribution is -0.133. The molecule has 0 spiro atoms. The van der Waals surface area contributed by atoms with Crippen LogP contribution in [0.15, 0.2) is 72.1 Å². The Balaban J connectivity index is 1.77. The number of amides is 2. The lowest BCUT2D eigenvalue weighted by Crippen LogP contribution is -2.43. The van der Waals surface area contributed by atoms with Gasteiger partial charge in [0.25, 0.3) is 5.91 Å². The molecule has 0 saturated heterocycles. The molecular weight excluding hydrogens is 427 g/mol. The number of carbonyl (C=O) groups excluding carboxylic acids is 2. The molecule has 0 aliphatic carbocycles. The molecule has 0 aliphatic rings. The van der Waals surface area contributed by atoms with Gasteiger partial charge in [0.05, 0.1) is 6.54 Å². The van der Waals surface area contributed by atoms with Gasteiger partial charge in [-0.25, -0.2) is 4.39 Å². The molecule has 2 aromatic carbocycles. The first-order valence-corrected chi connectivity index (χ1v) is 11.3. The number of hydrogen-bond acceptors (Lipinski definition) is 4. The summed E-state index contributed by atoms with van der Waals surface area (Å²) in [5, 5.41) is 1.98. The summed E-state index contributed by atoms with van der Waals surface area (Å²) in [6.45, 7) is 1.71. The molecule has 0 unspecified atom stereocenters. The molecule has 1 heterocycles. The minimum absolute atomic E-state index is 0.0574. The zero-order valence-electron chi connectivity index (χ0n) is 18.1. The van der Waals surface area contributed by atoms with Gasteiger partial charge in [0.2, 0.25) is 5.91 Å². The van der Waals surface area contributed by atoms with Crippen LogP contribution in [0.2, 0.25) is 0 Å². The maximum absolute atomic E-state index is 13.4. The average molecular weight is 455 g/mol. The topological polar surface area (TPSA) is 49.9 Å². The summed E-state index contributed by atoms with van der Waals surface area (Å²) in [5.74, 6) is -0.853. The number of rotatable bonds is 11. The Morgan fingerprint density at radius 3 is 2.34 bits per heavy atom. The van der Waals surface area contributed by atoms with Gasteiger partial charge in [-0.15, -0.1) is 11.3 Å². The van der Waals surface area contributed by atoms with E-state index >= 15 is 0 Å². The van der Waals surface area contributed by atoms with E-state index < -0.39 is 5.82 Å². The van der Waals surface area contributed by atoms with Crippen LogP contribution in [0.3, 0.4) is 0 Å². The van der Waals surface area contributed by atoms with Crippen molar-refractivity contribution in [2.24, 2.45) is 0 Å². The Hall–Kier alpha value is -3.03. The lowest BCUT2D eigenvalue weighted by Gasteiger charge is -2.28. The zero-order chi connectivity index (χ0) is 22.8. The van der Waals surface area contributed by atoms with Crippen molar-refractivity contribution in [3.63, 3.8) is 0 Å². The Morgan fingerprint density at radius 2 is 1.69 bits per heavy atom. The summed E-state index contributed by atoms with van der Waals surface area (Å²) >= 11 is 1.59. The molecule has 168 valence electrons. The van der Waals surface area contributed by atoms with Gasteiger partial charge in [-0.05, 0) is 47.7 Å². The SMILES string of the molecule is COCCCN(CC(=O)N(Cc1ccccc1)Cc1cccs1)C(=O)c1ccc(F)cc1. The second-order valence-electron chi connectivity index (χ2n) is 7.39. The summed E-state index contributed by atoms with van der Waals surface area (Å²) in [7, 11) is 1.60. The Labute approximate surface area is 192 Å². The van der Waals surface area contributed by atoms with Crippen LogP contribution < -0.4 is 0 Å². The van der Waals surface area contributed by atoms with Crippen molar-refractivity contribution in [2.45, 2.75) is 19.5 Å². The molecule has 3 aromatic rings. The number of methoxy groups -OCH3 is 1.